The van der Waals surface area contributed by atoms with Crippen LogP contribution in [0.1, 0.15) is 49.9 Å². The molecule has 0 aromatic heterocycles. The molecule has 0 saturated heterocycles. The molecule has 0 unspecified atom stereocenters. The van der Waals surface area contributed by atoms with Gasteiger partial charge in [0.1, 0.15) is 0 Å². The first-order valence-electron chi connectivity index (χ1n) is 22.0. The lowest BCUT2D eigenvalue weighted by Crippen LogP contribution is -2.36. The van der Waals surface area contributed by atoms with Gasteiger partial charge >= 0.3 is 0 Å². The number of benzene rings is 11. The van der Waals surface area contributed by atoms with Crippen molar-refractivity contribution in [3.8, 4) is 44.5 Å². The Morgan fingerprint density at radius 3 is 0.839 bits per heavy atom. The molecule has 0 bridgehead atoms. The summed E-state index contributed by atoms with van der Waals surface area (Å²) in [6, 6.07) is 77.3. The fraction of sp³-hybridized carbons (Fsp3) is 0.0968. The van der Waals surface area contributed by atoms with Gasteiger partial charge in [0.2, 0.25) is 0 Å². The molecule has 0 nitrogen and oxygen atoms in total. The van der Waals surface area contributed by atoms with Crippen molar-refractivity contribution < 1.29 is 0 Å². The van der Waals surface area contributed by atoms with Gasteiger partial charge in [-0.2, -0.15) is 0 Å². The zero-order chi connectivity index (χ0) is 41.7. The van der Waals surface area contributed by atoms with Gasteiger partial charge in [-0.3, -0.25) is 0 Å². The molecule has 12 rings (SSSR count). The Labute approximate surface area is 363 Å². The first-order valence-corrected chi connectivity index (χ1v) is 22.0. The number of fused-ring (bicyclic) bond motifs is 10. The summed E-state index contributed by atoms with van der Waals surface area (Å²) in [4.78, 5) is 0. The Hall–Kier alpha value is -7.28. The van der Waals surface area contributed by atoms with E-state index in [0.29, 0.717) is 0 Å². The smallest absolute Gasteiger partial charge is 0.0153 e. The summed E-state index contributed by atoms with van der Waals surface area (Å²) >= 11 is 0. The maximum absolute atomic E-state index is 2.61. The fourth-order valence-corrected chi connectivity index (χ4v) is 11.3. The topological polar surface area (TPSA) is 0 Å². The van der Waals surface area contributed by atoms with Crippen LogP contribution < -0.4 is 0 Å². The third-order valence-corrected chi connectivity index (χ3v) is 14.3. The molecule has 0 spiro atoms. The second kappa shape index (κ2) is 13.6. The van der Waals surface area contributed by atoms with Crippen LogP contribution >= 0.6 is 0 Å². The van der Waals surface area contributed by atoms with Crippen molar-refractivity contribution >= 4 is 53.9 Å². The summed E-state index contributed by atoms with van der Waals surface area (Å²) in [7, 11) is 0. The van der Waals surface area contributed by atoms with E-state index in [-0.39, 0.29) is 10.8 Å². The summed E-state index contributed by atoms with van der Waals surface area (Å²) in [5.74, 6) is 0. The largest absolute Gasteiger partial charge is 0.0622 e. The molecule has 0 saturated carbocycles. The van der Waals surface area contributed by atoms with E-state index < -0.39 is 0 Å². The molecule has 1 aliphatic carbocycles. The van der Waals surface area contributed by atoms with Gasteiger partial charge < -0.3 is 0 Å². The first-order chi connectivity index (χ1) is 30.3. The van der Waals surface area contributed by atoms with Crippen molar-refractivity contribution in [3.05, 3.63) is 229 Å². The molecule has 0 aliphatic heterocycles. The van der Waals surface area contributed by atoms with Gasteiger partial charge in [0, 0.05) is 10.8 Å². The molecule has 0 amide bonds. The van der Waals surface area contributed by atoms with E-state index in [2.05, 4.69) is 234 Å². The number of hydrogen-bond acceptors (Lipinski definition) is 0. The summed E-state index contributed by atoms with van der Waals surface area (Å²) in [6.45, 7) is 9.85. The van der Waals surface area contributed by atoms with Crippen LogP contribution in [0, 0.1) is 0 Å². The Kier molecular flexibility index (Phi) is 8.03. The van der Waals surface area contributed by atoms with Crippen LogP contribution in [-0.2, 0) is 10.8 Å². The van der Waals surface area contributed by atoms with E-state index in [1.807, 2.05) is 0 Å². The van der Waals surface area contributed by atoms with Crippen molar-refractivity contribution in [2.24, 2.45) is 0 Å². The third-order valence-electron chi connectivity index (χ3n) is 14.3. The Balaban J connectivity index is 1.24. The van der Waals surface area contributed by atoms with Gasteiger partial charge in [-0.15, -0.1) is 0 Å². The average molecular weight is 791 g/mol. The van der Waals surface area contributed by atoms with Crippen molar-refractivity contribution in [1.82, 2.24) is 0 Å². The number of rotatable bonds is 4. The normalized spacial score (nSPS) is 14.1. The van der Waals surface area contributed by atoms with E-state index >= 15 is 0 Å². The van der Waals surface area contributed by atoms with Crippen LogP contribution in [0.25, 0.3) is 98.4 Å². The van der Waals surface area contributed by atoms with Gasteiger partial charge in [-0.25, -0.2) is 0 Å². The van der Waals surface area contributed by atoms with E-state index in [1.165, 1.54) is 121 Å². The van der Waals surface area contributed by atoms with Crippen LogP contribution in [0.4, 0.5) is 0 Å². The summed E-state index contributed by atoms with van der Waals surface area (Å²) in [6.07, 6.45) is 0. The monoisotopic (exact) mass is 790 g/mol. The third kappa shape index (κ3) is 5.26. The highest BCUT2D eigenvalue weighted by Crippen LogP contribution is 2.56. The quantitative estimate of drug-likeness (QED) is 0.123. The minimum absolute atomic E-state index is 0.292. The van der Waals surface area contributed by atoms with Gasteiger partial charge in [-0.05, 0) is 145 Å². The molecule has 11 aromatic rings. The van der Waals surface area contributed by atoms with Crippen LogP contribution in [0.3, 0.4) is 0 Å². The van der Waals surface area contributed by atoms with E-state index in [0.717, 1.165) is 0 Å². The van der Waals surface area contributed by atoms with Gasteiger partial charge in [0.05, 0.1) is 0 Å². The van der Waals surface area contributed by atoms with Crippen LogP contribution in [0.15, 0.2) is 206 Å². The van der Waals surface area contributed by atoms with Gasteiger partial charge in [0.25, 0.3) is 0 Å². The lowest BCUT2D eigenvalue weighted by Gasteiger charge is -2.44. The van der Waals surface area contributed by atoms with Gasteiger partial charge in [0.15, 0.2) is 0 Å². The lowest BCUT2D eigenvalue weighted by molar-refractivity contribution is 0.523. The summed E-state index contributed by atoms with van der Waals surface area (Å²) < 4.78 is 0. The molecule has 0 heterocycles. The Morgan fingerprint density at radius 2 is 0.484 bits per heavy atom. The minimum atomic E-state index is -0.292. The molecule has 0 heteroatoms. The highest BCUT2D eigenvalue weighted by atomic mass is 14.5. The molecule has 11 aromatic carbocycles. The summed E-state index contributed by atoms with van der Waals surface area (Å²) in [5, 5.41) is 13.0. The zero-order valence-corrected chi connectivity index (χ0v) is 35.6. The van der Waals surface area contributed by atoms with Crippen molar-refractivity contribution in [3.63, 3.8) is 0 Å². The number of hydrogen-bond donors (Lipinski definition) is 0. The van der Waals surface area contributed by atoms with Gasteiger partial charge in [-0.1, -0.05) is 210 Å². The molecule has 0 fully saturated rings. The molecule has 294 valence electrons. The molecular weight excluding hydrogens is 745 g/mol. The molecule has 62 heavy (non-hydrogen) atoms. The van der Waals surface area contributed by atoms with Crippen molar-refractivity contribution in [1.29, 1.82) is 0 Å². The molecule has 1 aliphatic rings. The molecule has 0 N–H and O–H groups in total. The maximum Gasteiger partial charge on any atom is 0.0153 e. The predicted octanol–water partition coefficient (Wildman–Crippen LogP) is 17.1. The molecule has 0 radical (unpaired) electrons. The highest BCUT2D eigenvalue weighted by Gasteiger charge is 2.43. The van der Waals surface area contributed by atoms with Crippen molar-refractivity contribution in [2.75, 3.05) is 0 Å². The van der Waals surface area contributed by atoms with E-state index in [4.69, 9.17) is 0 Å². The Morgan fingerprint density at radius 1 is 0.226 bits per heavy atom. The SMILES string of the molecule is CC1(C)c2cc3c(-c4ccccc4-c4ccccc4)c4ccccc4c(-c4ccccc4-c4ccccc4)c3cc2C(C)(C)c2cc3c4ccccc4c4ccccc4c3cc21. The van der Waals surface area contributed by atoms with Crippen LogP contribution in [0.2, 0.25) is 0 Å². The fourth-order valence-electron chi connectivity index (χ4n) is 11.3. The highest BCUT2D eigenvalue weighted by molar-refractivity contribution is 6.26. The van der Waals surface area contributed by atoms with E-state index in [9.17, 15) is 0 Å². The standard InChI is InChI=1S/C62H46/c1-61(2)55-35-51-45-29-15-13-27-43(45)44-28-14-16-30-46(44)52(51)36-56(55)62(3,4)58-38-54-53(37-57(58)61)59(47-31-17-11-25-41(47)39-21-7-5-8-22-39)49-33-19-20-34-50(49)60(54)48-32-18-12-26-42(48)40-23-9-6-10-24-40/h5-38H,1-4H3. The second-order valence-electron chi connectivity index (χ2n) is 18.3. The maximum atomic E-state index is 2.61. The average Bonchev–Trinajstić information content (AvgIpc) is 3.32. The van der Waals surface area contributed by atoms with Crippen molar-refractivity contribution in [2.45, 2.75) is 38.5 Å². The summed E-state index contributed by atoms with van der Waals surface area (Å²) in [5.41, 5.74) is 15.0. The first kappa shape index (κ1) is 36.6. The Bertz CT molecular complexity index is 3370. The predicted molar refractivity (Wildman–Crippen MR) is 266 cm³/mol. The lowest BCUT2D eigenvalue weighted by atomic mass is 9.59. The zero-order valence-electron chi connectivity index (χ0n) is 35.6. The molecule has 0 atom stereocenters. The minimum Gasteiger partial charge on any atom is -0.0622 e. The van der Waals surface area contributed by atoms with Crippen LogP contribution in [-0.4, -0.2) is 0 Å². The van der Waals surface area contributed by atoms with E-state index in [1.54, 1.807) is 0 Å². The molecular formula is C62H46. The second-order valence-corrected chi connectivity index (χ2v) is 18.3. The van der Waals surface area contributed by atoms with Crippen LogP contribution in [0.5, 0.6) is 0 Å².